The number of nitrogens with two attached hydrogens (primary N) is 1. The highest BCUT2D eigenvalue weighted by molar-refractivity contribution is 9.10. The molecule has 3 aliphatic rings. The zero-order chi connectivity index (χ0) is 23.7. The Hall–Kier alpha value is -2.77. The standard InChI is InChI=1S/C28H31BrN6/c1-17(33-9-2-3-22(30)16-33)19-12-23-27-24(13-19)32-28(34(27)10-8-31-23)26-14-20-11-21(29)6-7-25(20)35(26)15-18-4-5-18/h6-7,11-14,18,22,31H,1-5,8-10,15-16,30H2/t22-/m1/s1. The molecule has 4 aromatic rings. The molecule has 2 fully saturated rings. The number of imidazole rings is 1. The Morgan fingerprint density at radius 1 is 1.14 bits per heavy atom. The van der Waals surface area contributed by atoms with Crippen molar-refractivity contribution in [3.8, 4) is 11.5 Å². The number of nitrogens with one attached hydrogen (secondary N) is 1. The Bertz CT molecular complexity index is 1480. The molecule has 6 nitrogen and oxygen atoms in total. The number of hydrogen-bond acceptors (Lipinski definition) is 4. The molecule has 35 heavy (non-hydrogen) atoms. The second kappa shape index (κ2) is 8.14. The van der Waals surface area contributed by atoms with Gasteiger partial charge in [-0.1, -0.05) is 22.5 Å². The monoisotopic (exact) mass is 530 g/mol. The lowest BCUT2D eigenvalue weighted by Gasteiger charge is -2.34. The van der Waals surface area contributed by atoms with Crippen molar-refractivity contribution < 1.29 is 0 Å². The first-order valence-electron chi connectivity index (χ1n) is 12.8. The topological polar surface area (TPSA) is 64.0 Å². The van der Waals surface area contributed by atoms with Crippen LogP contribution in [0.1, 0.15) is 31.2 Å². The molecule has 2 aliphatic heterocycles. The minimum atomic E-state index is 0.222. The maximum absolute atomic E-state index is 6.26. The van der Waals surface area contributed by atoms with Crippen LogP contribution in [-0.4, -0.2) is 44.7 Å². The fourth-order valence-electron chi connectivity index (χ4n) is 5.91. The summed E-state index contributed by atoms with van der Waals surface area (Å²) in [5, 5.41) is 4.89. The van der Waals surface area contributed by atoms with Gasteiger partial charge < -0.3 is 25.1 Å². The number of nitrogens with zero attached hydrogens (tertiary/aromatic N) is 4. The van der Waals surface area contributed by atoms with E-state index in [4.69, 9.17) is 10.7 Å². The molecule has 1 aliphatic carbocycles. The van der Waals surface area contributed by atoms with Crippen LogP contribution in [0.2, 0.25) is 0 Å². The molecule has 4 heterocycles. The molecule has 0 radical (unpaired) electrons. The number of anilines is 1. The van der Waals surface area contributed by atoms with Crippen LogP contribution < -0.4 is 11.1 Å². The van der Waals surface area contributed by atoms with Crippen molar-refractivity contribution in [2.75, 3.05) is 25.0 Å². The Morgan fingerprint density at radius 3 is 2.86 bits per heavy atom. The summed E-state index contributed by atoms with van der Waals surface area (Å²) >= 11 is 3.66. The molecule has 7 heteroatoms. The number of piperidine rings is 1. The van der Waals surface area contributed by atoms with Gasteiger partial charge in [0.15, 0.2) is 5.82 Å². The summed E-state index contributed by atoms with van der Waals surface area (Å²) in [6.45, 7) is 9.22. The van der Waals surface area contributed by atoms with E-state index in [1.165, 1.54) is 35.0 Å². The third kappa shape index (κ3) is 3.67. The maximum atomic E-state index is 6.26. The van der Waals surface area contributed by atoms with Crippen molar-refractivity contribution in [3.05, 3.63) is 53.0 Å². The van der Waals surface area contributed by atoms with Crippen LogP contribution in [0, 0.1) is 5.92 Å². The van der Waals surface area contributed by atoms with Gasteiger partial charge in [-0.25, -0.2) is 4.98 Å². The lowest BCUT2D eigenvalue weighted by Crippen LogP contribution is -2.41. The average Bonchev–Trinajstić information content (AvgIpc) is 3.51. The highest BCUT2D eigenvalue weighted by Crippen LogP contribution is 2.39. The SMILES string of the molecule is C=C(c1cc2c3c(c1)nc(-c1cc4cc(Br)ccc4n1CC1CC1)n3CCN2)N1CCC[C@@H](N)C1. The van der Waals surface area contributed by atoms with Crippen molar-refractivity contribution in [2.45, 2.75) is 44.8 Å². The first-order valence-corrected chi connectivity index (χ1v) is 13.6. The minimum Gasteiger partial charge on any atom is -0.381 e. The molecule has 0 spiro atoms. The summed E-state index contributed by atoms with van der Waals surface area (Å²) in [6, 6.07) is 13.6. The van der Waals surface area contributed by atoms with Crippen LogP contribution in [0.15, 0.2) is 47.4 Å². The van der Waals surface area contributed by atoms with E-state index in [1.54, 1.807) is 0 Å². The van der Waals surface area contributed by atoms with Crippen molar-refractivity contribution in [3.63, 3.8) is 0 Å². The minimum absolute atomic E-state index is 0.222. The summed E-state index contributed by atoms with van der Waals surface area (Å²) in [6.07, 6.45) is 4.86. The fourth-order valence-corrected chi connectivity index (χ4v) is 6.28. The molecule has 0 unspecified atom stereocenters. The van der Waals surface area contributed by atoms with Crippen molar-refractivity contribution in [1.29, 1.82) is 0 Å². The Morgan fingerprint density at radius 2 is 2.03 bits per heavy atom. The lowest BCUT2D eigenvalue weighted by atomic mass is 10.0. The maximum Gasteiger partial charge on any atom is 0.157 e. The summed E-state index contributed by atoms with van der Waals surface area (Å²) < 4.78 is 6.03. The first-order chi connectivity index (χ1) is 17.0. The van der Waals surface area contributed by atoms with Crippen LogP contribution in [0.4, 0.5) is 5.69 Å². The van der Waals surface area contributed by atoms with E-state index in [2.05, 4.69) is 78.3 Å². The van der Waals surface area contributed by atoms with Gasteiger partial charge in [0.05, 0.1) is 22.4 Å². The number of fused-ring (bicyclic) bond motifs is 1. The van der Waals surface area contributed by atoms with Crippen molar-refractivity contribution in [1.82, 2.24) is 19.0 Å². The Balaban J connectivity index is 1.37. The molecular formula is C28H31BrN6. The van der Waals surface area contributed by atoms with Gasteiger partial charge in [0.1, 0.15) is 0 Å². The van der Waals surface area contributed by atoms with Gasteiger partial charge >= 0.3 is 0 Å². The quantitative estimate of drug-likeness (QED) is 0.350. The van der Waals surface area contributed by atoms with Gasteiger partial charge in [-0.05, 0) is 68.0 Å². The molecule has 1 atom stereocenters. The number of aromatic nitrogens is 3. The summed E-state index contributed by atoms with van der Waals surface area (Å²) in [7, 11) is 0. The van der Waals surface area contributed by atoms with Crippen LogP contribution in [0.3, 0.4) is 0 Å². The number of hydrogen-bond donors (Lipinski definition) is 2. The van der Waals surface area contributed by atoms with Gasteiger partial charge in [0.25, 0.3) is 0 Å². The van der Waals surface area contributed by atoms with E-state index in [-0.39, 0.29) is 6.04 Å². The van der Waals surface area contributed by atoms with Crippen LogP contribution in [0.25, 0.3) is 39.2 Å². The zero-order valence-electron chi connectivity index (χ0n) is 19.9. The highest BCUT2D eigenvalue weighted by Gasteiger charge is 2.28. The highest BCUT2D eigenvalue weighted by atomic mass is 79.9. The van der Waals surface area contributed by atoms with Gasteiger partial charge in [-0.15, -0.1) is 0 Å². The van der Waals surface area contributed by atoms with Crippen molar-refractivity contribution >= 4 is 49.3 Å². The molecule has 0 amide bonds. The number of rotatable bonds is 5. The lowest BCUT2D eigenvalue weighted by molar-refractivity contribution is 0.296. The third-order valence-electron chi connectivity index (χ3n) is 7.90. The molecule has 2 aromatic carbocycles. The predicted molar refractivity (Wildman–Crippen MR) is 147 cm³/mol. The normalized spacial score (nSPS) is 19.9. The summed E-state index contributed by atoms with van der Waals surface area (Å²) in [5.74, 6) is 1.85. The predicted octanol–water partition coefficient (Wildman–Crippen LogP) is 5.65. The van der Waals surface area contributed by atoms with Gasteiger partial charge in [0, 0.05) is 65.4 Å². The Kier molecular flexibility index (Phi) is 5.00. The molecule has 3 N–H and O–H groups in total. The van der Waals surface area contributed by atoms with Gasteiger partial charge in [-0.3, -0.25) is 0 Å². The van der Waals surface area contributed by atoms with E-state index in [0.29, 0.717) is 0 Å². The summed E-state index contributed by atoms with van der Waals surface area (Å²) in [5.41, 5.74) is 14.3. The fraction of sp³-hybridized carbons (Fsp3) is 0.393. The number of benzene rings is 2. The molecule has 0 bridgehead atoms. The Labute approximate surface area is 213 Å². The first kappa shape index (κ1) is 21.5. The number of likely N-dealkylation sites (tertiary alicyclic amines) is 1. The average molecular weight is 532 g/mol. The van der Waals surface area contributed by atoms with Crippen molar-refractivity contribution in [2.24, 2.45) is 11.7 Å². The van der Waals surface area contributed by atoms with E-state index in [1.807, 2.05) is 0 Å². The van der Waals surface area contributed by atoms with E-state index in [0.717, 1.165) is 84.2 Å². The van der Waals surface area contributed by atoms with Gasteiger partial charge in [0.2, 0.25) is 0 Å². The van der Waals surface area contributed by atoms with Crippen LogP contribution >= 0.6 is 15.9 Å². The van der Waals surface area contributed by atoms with Crippen LogP contribution in [-0.2, 0) is 13.1 Å². The second-order valence-corrected chi connectivity index (χ2v) is 11.4. The molecular weight excluding hydrogens is 500 g/mol. The van der Waals surface area contributed by atoms with E-state index < -0.39 is 0 Å². The molecule has 7 rings (SSSR count). The zero-order valence-corrected chi connectivity index (χ0v) is 21.5. The molecule has 2 aromatic heterocycles. The number of halogens is 1. The largest absolute Gasteiger partial charge is 0.381 e. The van der Waals surface area contributed by atoms with Gasteiger partial charge in [-0.2, -0.15) is 0 Å². The molecule has 180 valence electrons. The summed E-state index contributed by atoms with van der Waals surface area (Å²) in [4.78, 5) is 7.61. The van der Waals surface area contributed by atoms with E-state index >= 15 is 0 Å². The third-order valence-corrected chi connectivity index (χ3v) is 8.39. The second-order valence-electron chi connectivity index (χ2n) is 10.5. The molecule has 1 saturated carbocycles. The van der Waals surface area contributed by atoms with E-state index in [9.17, 15) is 0 Å². The van der Waals surface area contributed by atoms with Crippen LogP contribution in [0.5, 0.6) is 0 Å². The molecule has 1 saturated heterocycles. The smallest absolute Gasteiger partial charge is 0.157 e.